The molecule has 1 aromatic carbocycles. The van der Waals surface area contributed by atoms with Gasteiger partial charge in [-0.15, -0.1) is 11.3 Å². The largest absolute Gasteiger partial charge is 0.381 e. The van der Waals surface area contributed by atoms with Crippen LogP contribution >= 0.6 is 11.3 Å². The molecule has 1 aromatic heterocycles. The number of rotatable bonds is 2. The third-order valence-corrected chi connectivity index (χ3v) is 6.22. The number of carbonyl (C=O) groups is 1. The first kappa shape index (κ1) is 17.6. The van der Waals surface area contributed by atoms with Crippen molar-refractivity contribution in [2.75, 3.05) is 32.8 Å². The van der Waals surface area contributed by atoms with E-state index in [9.17, 15) is 9.18 Å². The van der Waals surface area contributed by atoms with Crippen molar-refractivity contribution in [1.29, 1.82) is 0 Å². The van der Waals surface area contributed by atoms with E-state index in [1.54, 1.807) is 23.6 Å². The van der Waals surface area contributed by atoms with Crippen LogP contribution in [0.4, 0.5) is 4.39 Å². The van der Waals surface area contributed by atoms with Gasteiger partial charge in [0.2, 0.25) is 0 Å². The molecule has 0 saturated carbocycles. The summed E-state index contributed by atoms with van der Waals surface area (Å²) in [6, 6.07) is 6.53. The first-order valence-corrected chi connectivity index (χ1v) is 9.88. The molecule has 2 fully saturated rings. The normalized spacial score (nSPS) is 20.1. The maximum Gasteiger partial charge on any atom is 0.273 e. The van der Waals surface area contributed by atoms with Crippen molar-refractivity contribution in [2.24, 2.45) is 0 Å². The SMILES string of the molecule is O=C(c1csc(-c2ccccc2F)n1)N1CCNCCC12CCOCC2. The van der Waals surface area contributed by atoms with E-state index in [1.165, 1.54) is 17.4 Å². The first-order chi connectivity index (χ1) is 12.7. The fourth-order valence-corrected chi connectivity index (χ4v) is 4.69. The molecule has 2 aliphatic rings. The van der Waals surface area contributed by atoms with Crippen molar-refractivity contribution < 1.29 is 13.9 Å². The highest BCUT2D eigenvalue weighted by Gasteiger charge is 2.42. The second-order valence-corrected chi connectivity index (χ2v) is 7.67. The maximum absolute atomic E-state index is 14.0. The standard InChI is InChI=1S/C19H22FN3O2S/c20-15-4-2-1-3-14(15)17-22-16(13-26-17)18(24)23-10-9-21-8-5-19(23)6-11-25-12-7-19/h1-4,13,21H,5-12H2. The Morgan fingerprint density at radius 3 is 2.85 bits per heavy atom. The second kappa shape index (κ2) is 7.42. The van der Waals surface area contributed by atoms with Gasteiger partial charge in [0.25, 0.3) is 5.91 Å². The van der Waals surface area contributed by atoms with E-state index in [4.69, 9.17) is 4.74 Å². The number of nitrogens with one attached hydrogen (secondary N) is 1. The fourth-order valence-electron chi connectivity index (χ4n) is 3.87. The molecule has 7 heteroatoms. The molecule has 5 nitrogen and oxygen atoms in total. The third kappa shape index (κ3) is 3.26. The summed E-state index contributed by atoms with van der Waals surface area (Å²) in [6.07, 6.45) is 2.63. The molecule has 1 amide bonds. The summed E-state index contributed by atoms with van der Waals surface area (Å²) in [5.74, 6) is -0.379. The molecule has 26 heavy (non-hydrogen) atoms. The molecule has 138 valence electrons. The van der Waals surface area contributed by atoms with Gasteiger partial charge in [0.05, 0.1) is 0 Å². The Kier molecular flexibility index (Phi) is 5.02. The molecule has 0 atom stereocenters. The molecule has 0 radical (unpaired) electrons. The number of nitrogens with zero attached hydrogens (tertiary/aromatic N) is 2. The maximum atomic E-state index is 14.0. The number of hydrogen-bond acceptors (Lipinski definition) is 5. The van der Waals surface area contributed by atoms with E-state index < -0.39 is 0 Å². The van der Waals surface area contributed by atoms with E-state index in [2.05, 4.69) is 10.3 Å². The molecular weight excluding hydrogens is 353 g/mol. The molecule has 2 aromatic rings. The molecule has 0 aliphatic carbocycles. The highest BCUT2D eigenvalue weighted by atomic mass is 32.1. The van der Waals surface area contributed by atoms with E-state index in [1.807, 2.05) is 4.90 Å². The summed E-state index contributed by atoms with van der Waals surface area (Å²) in [6.45, 7) is 3.70. The van der Waals surface area contributed by atoms with Crippen molar-refractivity contribution in [3.63, 3.8) is 0 Å². The van der Waals surface area contributed by atoms with Crippen molar-refractivity contribution in [3.8, 4) is 10.6 Å². The van der Waals surface area contributed by atoms with Crippen LogP contribution in [-0.2, 0) is 4.74 Å². The predicted octanol–water partition coefficient (Wildman–Crippen LogP) is 2.93. The Bertz CT molecular complexity index is 789. The zero-order valence-electron chi connectivity index (χ0n) is 14.5. The molecule has 2 aliphatic heterocycles. The van der Waals surface area contributed by atoms with Gasteiger partial charge >= 0.3 is 0 Å². The summed E-state index contributed by atoms with van der Waals surface area (Å²) in [5, 5.41) is 5.68. The van der Waals surface area contributed by atoms with Gasteiger partial charge in [0, 0.05) is 42.8 Å². The van der Waals surface area contributed by atoms with Crippen LogP contribution in [0, 0.1) is 5.82 Å². The van der Waals surface area contributed by atoms with Crippen LogP contribution in [0.15, 0.2) is 29.6 Å². The zero-order valence-corrected chi connectivity index (χ0v) is 15.4. The summed E-state index contributed by atoms with van der Waals surface area (Å²) in [5.41, 5.74) is 0.677. The van der Waals surface area contributed by atoms with Crippen molar-refractivity contribution in [1.82, 2.24) is 15.2 Å². The third-order valence-electron chi connectivity index (χ3n) is 5.35. The molecular formula is C19H22FN3O2S. The average molecular weight is 375 g/mol. The van der Waals surface area contributed by atoms with Gasteiger partial charge in [-0.25, -0.2) is 9.37 Å². The summed E-state index contributed by atoms with van der Waals surface area (Å²) < 4.78 is 19.6. The molecule has 2 saturated heterocycles. The number of ether oxygens (including phenoxy) is 1. The van der Waals surface area contributed by atoms with Crippen LogP contribution in [0.5, 0.6) is 0 Å². The molecule has 4 rings (SSSR count). The lowest BCUT2D eigenvalue weighted by Crippen LogP contribution is -2.55. The van der Waals surface area contributed by atoms with Gasteiger partial charge in [0.15, 0.2) is 0 Å². The Morgan fingerprint density at radius 2 is 2.04 bits per heavy atom. The van der Waals surface area contributed by atoms with Gasteiger partial charge in [-0.3, -0.25) is 4.79 Å². The van der Waals surface area contributed by atoms with Crippen LogP contribution in [-0.4, -0.2) is 54.2 Å². The molecule has 0 unspecified atom stereocenters. The number of amides is 1. The van der Waals surface area contributed by atoms with Crippen LogP contribution in [0.1, 0.15) is 29.8 Å². The van der Waals surface area contributed by atoms with Crippen LogP contribution < -0.4 is 5.32 Å². The Labute approximate surface area is 156 Å². The number of hydrogen-bond donors (Lipinski definition) is 1. The van der Waals surface area contributed by atoms with Crippen LogP contribution in [0.25, 0.3) is 10.6 Å². The summed E-state index contributed by atoms with van der Waals surface area (Å²) in [7, 11) is 0. The second-order valence-electron chi connectivity index (χ2n) is 6.81. The van der Waals surface area contributed by atoms with E-state index in [-0.39, 0.29) is 17.3 Å². The van der Waals surface area contributed by atoms with E-state index >= 15 is 0 Å². The van der Waals surface area contributed by atoms with E-state index in [0.29, 0.717) is 36.0 Å². The van der Waals surface area contributed by atoms with Gasteiger partial charge in [-0.1, -0.05) is 12.1 Å². The Balaban J connectivity index is 1.63. The van der Waals surface area contributed by atoms with Crippen LogP contribution in [0.3, 0.4) is 0 Å². The molecule has 3 heterocycles. The van der Waals surface area contributed by atoms with Gasteiger partial charge in [-0.05, 0) is 37.9 Å². The fraction of sp³-hybridized carbons (Fsp3) is 0.474. The lowest BCUT2D eigenvalue weighted by atomic mass is 9.84. The lowest BCUT2D eigenvalue weighted by Gasteiger charge is -2.45. The first-order valence-electron chi connectivity index (χ1n) is 9.00. The van der Waals surface area contributed by atoms with Crippen molar-refractivity contribution in [3.05, 3.63) is 41.2 Å². The zero-order chi connectivity index (χ0) is 18.0. The smallest absolute Gasteiger partial charge is 0.273 e. The number of carbonyl (C=O) groups excluding carboxylic acids is 1. The van der Waals surface area contributed by atoms with E-state index in [0.717, 1.165) is 32.4 Å². The molecule has 0 bridgehead atoms. The lowest BCUT2D eigenvalue weighted by molar-refractivity contribution is -0.0185. The monoisotopic (exact) mass is 375 g/mol. The van der Waals surface area contributed by atoms with Crippen LogP contribution in [0.2, 0.25) is 0 Å². The number of thiazole rings is 1. The quantitative estimate of drug-likeness (QED) is 0.877. The number of benzene rings is 1. The van der Waals surface area contributed by atoms with Crippen molar-refractivity contribution in [2.45, 2.75) is 24.8 Å². The number of aromatic nitrogens is 1. The molecule has 1 N–H and O–H groups in total. The van der Waals surface area contributed by atoms with Gasteiger partial charge in [0.1, 0.15) is 16.5 Å². The summed E-state index contributed by atoms with van der Waals surface area (Å²) in [4.78, 5) is 19.7. The Hall–Kier alpha value is -1.83. The highest BCUT2D eigenvalue weighted by molar-refractivity contribution is 7.13. The molecule has 1 spiro atoms. The van der Waals surface area contributed by atoms with Gasteiger partial charge < -0.3 is 15.0 Å². The Morgan fingerprint density at radius 1 is 1.23 bits per heavy atom. The van der Waals surface area contributed by atoms with Crippen molar-refractivity contribution >= 4 is 17.2 Å². The number of halogens is 1. The average Bonchev–Trinajstić information content (AvgIpc) is 3.07. The van der Waals surface area contributed by atoms with Gasteiger partial charge in [-0.2, -0.15) is 0 Å². The minimum Gasteiger partial charge on any atom is -0.381 e. The predicted molar refractivity (Wildman–Crippen MR) is 98.8 cm³/mol. The minimum atomic E-state index is -0.319. The topological polar surface area (TPSA) is 54.5 Å². The summed E-state index contributed by atoms with van der Waals surface area (Å²) >= 11 is 1.31. The minimum absolute atomic E-state index is 0.0607. The highest BCUT2D eigenvalue weighted by Crippen LogP contribution is 2.34.